The first-order valence-corrected chi connectivity index (χ1v) is 10.8. The zero-order chi connectivity index (χ0) is 21.0. The Morgan fingerprint density at radius 2 is 2.17 bits per heavy atom. The van der Waals surface area contributed by atoms with Crippen molar-refractivity contribution in [1.29, 1.82) is 0 Å². The van der Waals surface area contributed by atoms with Gasteiger partial charge < -0.3 is 14.8 Å². The van der Waals surface area contributed by atoms with Gasteiger partial charge in [0.05, 0.1) is 18.8 Å². The van der Waals surface area contributed by atoms with E-state index in [-0.39, 0.29) is 6.10 Å². The minimum atomic E-state index is -0.442. The first-order valence-electron chi connectivity index (χ1n) is 9.86. The number of aromatic nitrogens is 3. The smallest absolute Gasteiger partial charge is 0.338 e. The van der Waals surface area contributed by atoms with Crippen molar-refractivity contribution in [3.05, 3.63) is 41.1 Å². The van der Waals surface area contributed by atoms with Gasteiger partial charge in [0.15, 0.2) is 0 Å². The van der Waals surface area contributed by atoms with Crippen LogP contribution in [0.2, 0.25) is 0 Å². The summed E-state index contributed by atoms with van der Waals surface area (Å²) >= 11 is 1.62. The topological polar surface area (TPSA) is 78.3 Å². The molecular weight excluding hydrogens is 388 g/mol. The normalized spacial score (nSPS) is 15.9. The highest BCUT2D eigenvalue weighted by Gasteiger charge is 2.35. The van der Waals surface area contributed by atoms with Crippen molar-refractivity contribution in [2.45, 2.75) is 57.8 Å². The monoisotopic (exact) mass is 416 g/mol. The molecule has 0 aliphatic carbocycles. The van der Waals surface area contributed by atoms with E-state index in [4.69, 9.17) is 14.6 Å². The van der Waals surface area contributed by atoms with Crippen LogP contribution < -0.4 is 10.1 Å². The van der Waals surface area contributed by atoms with E-state index in [1.807, 2.05) is 45.0 Å². The maximum Gasteiger partial charge on any atom is 0.338 e. The van der Waals surface area contributed by atoms with E-state index in [1.165, 1.54) is 7.11 Å². The number of benzene rings is 1. The number of anilines is 1. The molecule has 0 saturated heterocycles. The first-order chi connectivity index (χ1) is 13.9. The minimum Gasteiger partial charge on any atom is -0.491 e. The quantitative estimate of drug-likeness (QED) is 0.388. The highest BCUT2D eigenvalue weighted by atomic mass is 32.2. The molecule has 2 aromatic rings. The van der Waals surface area contributed by atoms with Gasteiger partial charge in [-0.2, -0.15) is 4.98 Å². The van der Waals surface area contributed by atoms with Crippen molar-refractivity contribution >= 4 is 23.7 Å². The number of ether oxygens (including phenoxy) is 2. The van der Waals surface area contributed by atoms with E-state index in [9.17, 15) is 4.79 Å². The van der Waals surface area contributed by atoms with Gasteiger partial charge >= 0.3 is 5.97 Å². The number of hydrogen-bond donors (Lipinski definition) is 1. The maximum absolute atomic E-state index is 12.6. The number of carbonyl (C=O) groups is 1. The number of rotatable bonds is 8. The van der Waals surface area contributed by atoms with Gasteiger partial charge in [-0.15, -0.1) is 5.10 Å². The number of nitrogens with one attached hydrogen (secondary N) is 1. The third-order valence-corrected chi connectivity index (χ3v) is 5.44. The minimum absolute atomic E-state index is 0.0547. The second kappa shape index (κ2) is 9.35. The lowest BCUT2D eigenvalue weighted by Crippen LogP contribution is -2.29. The summed E-state index contributed by atoms with van der Waals surface area (Å²) < 4.78 is 12.7. The van der Waals surface area contributed by atoms with Crippen LogP contribution in [0.1, 0.15) is 52.1 Å². The van der Waals surface area contributed by atoms with Gasteiger partial charge in [-0.25, -0.2) is 9.48 Å². The second-order valence-corrected chi connectivity index (χ2v) is 8.22. The Kier molecular flexibility index (Phi) is 6.84. The molecule has 1 aromatic heterocycles. The largest absolute Gasteiger partial charge is 0.491 e. The van der Waals surface area contributed by atoms with Crippen LogP contribution in [-0.2, 0) is 9.53 Å². The Morgan fingerprint density at radius 3 is 2.86 bits per heavy atom. The molecule has 8 heteroatoms. The summed E-state index contributed by atoms with van der Waals surface area (Å²) in [7, 11) is 1.39. The molecule has 0 spiro atoms. The molecule has 0 radical (unpaired) electrons. The first kappa shape index (κ1) is 21.2. The van der Waals surface area contributed by atoms with Crippen LogP contribution >= 0.6 is 11.8 Å². The standard InChI is InChI=1S/C21H28N4O3S/c1-6-7-11-29-21-23-20-22-14(4)17(19(26)27-5)18(25(20)24-21)15-9-8-10-16(12-15)28-13(2)3/h8-10,12-13,18H,6-7,11H2,1-5H3,(H,22,23,24). The van der Waals surface area contributed by atoms with Crippen LogP contribution in [0.15, 0.2) is 40.7 Å². The lowest BCUT2D eigenvalue weighted by molar-refractivity contribution is -0.136. The van der Waals surface area contributed by atoms with E-state index < -0.39 is 12.0 Å². The van der Waals surface area contributed by atoms with Gasteiger partial charge in [0.25, 0.3) is 0 Å². The molecule has 0 fully saturated rings. The van der Waals surface area contributed by atoms with Crippen LogP contribution in [0.25, 0.3) is 0 Å². The number of unbranched alkanes of at least 4 members (excludes halogenated alkanes) is 1. The number of allylic oxidation sites excluding steroid dienone is 1. The van der Waals surface area contributed by atoms with Crippen molar-refractivity contribution in [2.24, 2.45) is 0 Å². The fraction of sp³-hybridized carbons (Fsp3) is 0.476. The number of nitrogens with zero attached hydrogens (tertiary/aromatic N) is 3. The summed E-state index contributed by atoms with van der Waals surface area (Å²) in [6, 6.07) is 7.30. The number of methoxy groups -OCH3 is 1. The molecule has 1 N–H and O–H groups in total. The number of thioether (sulfide) groups is 1. The van der Waals surface area contributed by atoms with Gasteiger partial charge in [0.1, 0.15) is 11.8 Å². The Bertz CT molecular complexity index is 907. The average Bonchev–Trinajstić information content (AvgIpc) is 3.08. The van der Waals surface area contributed by atoms with Gasteiger partial charge in [-0.3, -0.25) is 0 Å². The fourth-order valence-corrected chi connectivity index (χ4v) is 4.13. The second-order valence-electron chi connectivity index (χ2n) is 7.16. The van der Waals surface area contributed by atoms with E-state index >= 15 is 0 Å². The molecule has 1 unspecified atom stereocenters. The summed E-state index contributed by atoms with van der Waals surface area (Å²) in [5.74, 6) is 1.93. The van der Waals surface area contributed by atoms with Crippen molar-refractivity contribution in [3.8, 4) is 5.75 Å². The average molecular weight is 417 g/mol. The summed E-state index contributed by atoms with van der Waals surface area (Å²) in [5.41, 5.74) is 2.11. The highest BCUT2D eigenvalue weighted by molar-refractivity contribution is 7.99. The lowest BCUT2D eigenvalue weighted by atomic mass is 9.95. The molecule has 156 valence electrons. The van der Waals surface area contributed by atoms with E-state index in [0.717, 1.165) is 29.9 Å². The molecular formula is C21H28N4O3S. The van der Waals surface area contributed by atoms with Crippen molar-refractivity contribution in [3.63, 3.8) is 0 Å². The third kappa shape index (κ3) is 4.75. The molecule has 1 aliphatic heterocycles. The van der Waals surface area contributed by atoms with Crippen LogP contribution in [0.3, 0.4) is 0 Å². The summed E-state index contributed by atoms with van der Waals surface area (Å²) in [5, 5.41) is 8.60. The summed E-state index contributed by atoms with van der Waals surface area (Å²) in [4.78, 5) is 17.3. The Morgan fingerprint density at radius 1 is 1.38 bits per heavy atom. The van der Waals surface area contributed by atoms with Crippen LogP contribution in [0, 0.1) is 0 Å². The molecule has 1 atom stereocenters. The van der Waals surface area contributed by atoms with E-state index in [0.29, 0.717) is 22.4 Å². The SMILES string of the molecule is CCCCSc1nc2n(n1)C(c1cccc(OC(C)C)c1)C(C(=O)OC)=C(C)N2. The van der Waals surface area contributed by atoms with Crippen LogP contribution in [0.4, 0.5) is 5.95 Å². The Balaban J connectivity index is 2.04. The molecule has 29 heavy (non-hydrogen) atoms. The fourth-order valence-electron chi connectivity index (χ4n) is 3.21. The van der Waals surface area contributed by atoms with Crippen molar-refractivity contribution < 1.29 is 14.3 Å². The zero-order valence-electron chi connectivity index (χ0n) is 17.6. The number of carbonyl (C=O) groups excluding carboxylic acids is 1. The third-order valence-electron chi connectivity index (χ3n) is 4.51. The molecule has 0 saturated carbocycles. The Hall–Kier alpha value is -2.48. The van der Waals surface area contributed by atoms with Gasteiger partial charge in [-0.1, -0.05) is 37.2 Å². The van der Waals surface area contributed by atoms with Gasteiger partial charge in [-0.05, 0) is 44.9 Å². The van der Waals surface area contributed by atoms with Crippen LogP contribution in [0.5, 0.6) is 5.75 Å². The van der Waals surface area contributed by atoms with Crippen molar-refractivity contribution in [1.82, 2.24) is 14.8 Å². The summed E-state index contributed by atoms with van der Waals surface area (Å²) in [6.07, 6.45) is 2.28. The molecule has 1 aromatic carbocycles. The molecule has 1 aliphatic rings. The molecule has 2 heterocycles. The number of esters is 1. The highest BCUT2D eigenvalue weighted by Crippen LogP contribution is 2.37. The van der Waals surface area contributed by atoms with Gasteiger partial charge in [0.2, 0.25) is 11.1 Å². The molecule has 3 rings (SSSR count). The number of hydrogen-bond acceptors (Lipinski definition) is 7. The zero-order valence-corrected chi connectivity index (χ0v) is 18.4. The van der Waals surface area contributed by atoms with E-state index in [1.54, 1.807) is 16.4 Å². The van der Waals surface area contributed by atoms with E-state index in [2.05, 4.69) is 17.2 Å². The van der Waals surface area contributed by atoms with Gasteiger partial charge in [0, 0.05) is 11.4 Å². The molecule has 0 amide bonds. The molecule has 7 nitrogen and oxygen atoms in total. The molecule has 0 bridgehead atoms. The predicted molar refractivity (Wildman–Crippen MR) is 114 cm³/mol. The Labute approximate surface area is 175 Å². The number of fused-ring (bicyclic) bond motifs is 1. The predicted octanol–water partition coefficient (Wildman–Crippen LogP) is 4.42. The van der Waals surface area contributed by atoms with Crippen molar-refractivity contribution in [2.75, 3.05) is 18.2 Å². The lowest BCUT2D eigenvalue weighted by Gasteiger charge is -2.28. The summed E-state index contributed by atoms with van der Waals surface area (Å²) in [6.45, 7) is 7.98. The van der Waals surface area contributed by atoms with Crippen LogP contribution in [-0.4, -0.2) is 39.7 Å². The maximum atomic E-state index is 12.6.